The predicted octanol–water partition coefficient (Wildman–Crippen LogP) is 0.702. The topological polar surface area (TPSA) is 101 Å². The van der Waals surface area contributed by atoms with Crippen molar-refractivity contribution in [3.63, 3.8) is 0 Å². The SMILES string of the molecule is NN1CCCCCC1c1ncnc2oc(=O)[nH]c12. The van der Waals surface area contributed by atoms with Crippen molar-refractivity contribution in [1.82, 2.24) is 20.0 Å². The Kier molecular flexibility index (Phi) is 2.85. The Hall–Kier alpha value is -1.73. The summed E-state index contributed by atoms with van der Waals surface area (Å²) in [5, 5.41) is 1.79. The molecule has 7 nitrogen and oxygen atoms in total. The average molecular weight is 249 g/mol. The van der Waals surface area contributed by atoms with Gasteiger partial charge in [-0.2, -0.15) is 4.98 Å². The molecule has 18 heavy (non-hydrogen) atoms. The Balaban J connectivity index is 2.09. The molecule has 1 aliphatic rings. The molecular weight excluding hydrogens is 234 g/mol. The number of nitrogens with two attached hydrogens (primary N) is 1. The van der Waals surface area contributed by atoms with E-state index in [-0.39, 0.29) is 6.04 Å². The van der Waals surface area contributed by atoms with Gasteiger partial charge in [0, 0.05) is 6.54 Å². The van der Waals surface area contributed by atoms with Crippen molar-refractivity contribution in [2.45, 2.75) is 31.7 Å². The molecule has 1 atom stereocenters. The van der Waals surface area contributed by atoms with Gasteiger partial charge in [-0.15, -0.1) is 0 Å². The molecule has 0 saturated carbocycles. The second-order valence-corrected chi connectivity index (χ2v) is 4.56. The fourth-order valence-electron chi connectivity index (χ4n) is 2.47. The van der Waals surface area contributed by atoms with E-state index in [2.05, 4.69) is 15.0 Å². The fourth-order valence-corrected chi connectivity index (χ4v) is 2.47. The number of fused-ring (bicyclic) bond motifs is 1. The van der Waals surface area contributed by atoms with Crippen LogP contribution in [0.2, 0.25) is 0 Å². The average Bonchev–Trinajstić information content (AvgIpc) is 2.60. The Bertz CT molecular complexity index is 605. The number of nitrogens with one attached hydrogen (secondary N) is 1. The lowest BCUT2D eigenvalue weighted by atomic mass is 10.1. The summed E-state index contributed by atoms with van der Waals surface area (Å²) in [6.45, 7) is 0.832. The maximum atomic E-state index is 11.2. The quantitative estimate of drug-likeness (QED) is 0.721. The summed E-state index contributed by atoms with van der Waals surface area (Å²) < 4.78 is 4.94. The zero-order valence-corrected chi connectivity index (χ0v) is 9.93. The van der Waals surface area contributed by atoms with Crippen LogP contribution in [0, 0.1) is 0 Å². The Morgan fingerprint density at radius 2 is 2.28 bits per heavy atom. The third-order valence-corrected chi connectivity index (χ3v) is 3.37. The third-order valence-electron chi connectivity index (χ3n) is 3.37. The molecule has 2 aromatic rings. The van der Waals surface area contributed by atoms with Gasteiger partial charge in [0.15, 0.2) is 0 Å². The van der Waals surface area contributed by atoms with E-state index in [1.54, 1.807) is 5.01 Å². The minimum atomic E-state index is -0.510. The van der Waals surface area contributed by atoms with Crippen molar-refractivity contribution in [2.75, 3.05) is 6.54 Å². The van der Waals surface area contributed by atoms with Gasteiger partial charge in [0.2, 0.25) is 0 Å². The van der Waals surface area contributed by atoms with Crippen LogP contribution in [0.1, 0.15) is 37.4 Å². The number of aromatic nitrogens is 3. The van der Waals surface area contributed by atoms with Gasteiger partial charge in [0.1, 0.15) is 11.8 Å². The van der Waals surface area contributed by atoms with E-state index in [9.17, 15) is 4.79 Å². The number of nitrogens with zero attached hydrogens (tertiary/aromatic N) is 3. The summed E-state index contributed by atoms with van der Waals surface area (Å²) in [5.74, 6) is 5.55. The zero-order valence-electron chi connectivity index (χ0n) is 9.93. The first kappa shape index (κ1) is 11.4. The van der Waals surface area contributed by atoms with Crippen LogP contribution in [0.5, 0.6) is 0 Å². The number of hydrogen-bond acceptors (Lipinski definition) is 6. The summed E-state index contributed by atoms with van der Waals surface area (Å²) in [6, 6.07) is 0.00579. The van der Waals surface area contributed by atoms with Gasteiger partial charge in [0.25, 0.3) is 5.71 Å². The normalized spacial score (nSPS) is 22.2. The highest BCUT2D eigenvalue weighted by molar-refractivity contribution is 5.70. The van der Waals surface area contributed by atoms with E-state index < -0.39 is 5.76 Å². The molecule has 0 radical (unpaired) electrons. The van der Waals surface area contributed by atoms with Gasteiger partial charge >= 0.3 is 5.76 Å². The second-order valence-electron chi connectivity index (χ2n) is 4.56. The lowest BCUT2D eigenvalue weighted by molar-refractivity contribution is 0.203. The highest BCUT2D eigenvalue weighted by atomic mass is 16.4. The first-order chi connectivity index (χ1) is 8.75. The molecule has 3 heterocycles. The standard InChI is InChI=1S/C11H15N5O2/c12-16-5-3-1-2-4-7(16)8-9-10(14-6-13-8)18-11(17)15-9/h6-7H,1-5,12H2,(H,15,17). The Morgan fingerprint density at radius 1 is 1.39 bits per heavy atom. The van der Waals surface area contributed by atoms with Crippen molar-refractivity contribution in [3.05, 3.63) is 22.6 Å². The summed E-state index contributed by atoms with van der Waals surface area (Å²) in [6.07, 6.45) is 5.69. The number of hydrogen-bond donors (Lipinski definition) is 2. The highest BCUT2D eigenvalue weighted by Gasteiger charge is 2.24. The molecule has 96 valence electrons. The molecule has 0 spiro atoms. The molecule has 0 aliphatic carbocycles. The number of rotatable bonds is 1. The Labute approximate surface area is 103 Å². The van der Waals surface area contributed by atoms with Crippen molar-refractivity contribution in [2.24, 2.45) is 5.84 Å². The van der Waals surface area contributed by atoms with Crippen LogP contribution >= 0.6 is 0 Å². The minimum absolute atomic E-state index is 0.00579. The first-order valence-corrected chi connectivity index (χ1v) is 6.11. The number of H-pyrrole nitrogens is 1. The van der Waals surface area contributed by atoms with E-state index in [1.807, 2.05) is 0 Å². The maximum Gasteiger partial charge on any atom is 0.418 e. The van der Waals surface area contributed by atoms with Crippen LogP contribution in [0.15, 0.2) is 15.5 Å². The van der Waals surface area contributed by atoms with Crippen molar-refractivity contribution >= 4 is 11.2 Å². The van der Waals surface area contributed by atoms with Crippen LogP contribution < -0.4 is 11.6 Å². The maximum absolute atomic E-state index is 11.2. The van der Waals surface area contributed by atoms with Gasteiger partial charge in [-0.3, -0.25) is 10.8 Å². The lowest BCUT2D eigenvalue weighted by Crippen LogP contribution is -2.35. The Morgan fingerprint density at radius 3 is 3.17 bits per heavy atom. The van der Waals surface area contributed by atoms with Gasteiger partial charge in [0.05, 0.1) is 11.7 Å². The molecule has 0 bridgehead atoms. The predicted molar refractivity (Wildman–Crippen MR) is 64.5 cm³/mol. The fraction of sp³-hybridized carbons (Fsp3) is 0.545. The molecule has 7 heteroatoms. The van der Waals surface area contributed by atoms with Gasteiger partial charge in [-0.05, 0) is 12.8 Å². The molecule has 1 unspecified atom stereocenters. The van der Waals surface area contributed by atoms with Gasteiger partial charge in [-0.25, -0.2) is 14.8 Å². The molecule has 0 amide bonds. The summed E-state index contributed by atoms with van der Waals surface area (Å²) in [5.41, 5.74) is 1.60. The summed E-state index contributed by atoms with van der Waals surface area (Å²) >= 11 is 0. The molecule has 1 saturated heterocycles. The highest BCUT2D eigenvalue weighted by Crippen LogP contribution is 2.29. The van der Waals surface area contributed by atoms with E-state index in [0.29, 0.717) is 11.2 Å². The van der Waals surface area contributed by atoms with Crippen LogP contribution in [0.4, 0.5) is 0 Å². The lowest BCUT2D eigenvalue weighted by Gasteiger charge is -2.24. The van der Waals surface area contributed by atoms with Gasteiger partial charge < -0.3 is 4.42 Å². The monoisotopic (exact) mass is 249 g/mol. The molecule has 1 aliphatic heterocycles. The summed E-state index contributed by atoms with van der Waals surface area (Å²) in [4.78, 5) is 22.1. The molecule has 2 aromatic heterocycles. The van der Waals surface area contributed by atoms with Gasteiger partial charge in [-0.1, -0.05) is 12.8 Å². The van der Waals surface area contributed by atoms with Crippen LogP contribution in [-0.2, 0) is 0 Å². The van der Waals surface area contributed by atoms with E-state index in [1.165, 1.54) is 12.7 Å². The molecule has 3 rings (SSSR count). The van der Waals surface area contributed by atoms with Crippen LogP contribution in [-0.4, -0.2) is 26.5 Å². The molecule has 3 N–H and O–H groups in total. The minimum Gasteiger partial charge on any atom is -0.389 e. The van der Waals surface area contributed by atoms with Crippen molar-refractivity contribution in [1.29, 1.82) is 0 Å². The largest absolute Gasteiger partial charge is 0.418 e. The number of aromatic amines is 1. The smallest absolute Gasteiger partial charge is 0.389 e. The molecular formula is C11H15N5O2. The van der Waals surface area contributed by atoms with Crippen molar-refractivity contribution in [3.8, 4) is 0 Å². The summed E-state index contributed by atoms with van der Waals surface area (Å²) in [7, 11) is 0. The second kappa shape index (κ2) is 4.51. The van der Waals surface area contributed by atoms with Crippen LogP contribution in [0.25, 0.3) is 11.2 Å². The van der Waals surface area contributed by atoms with E-state index >= 15 is 0 Å². The van der Waals surface area contributed by atoms with E-state index in [0.717, 1.165) is 31.5 Å². The van der Waals surface area contributed by atoms with Crippen molar-refractivity contribution < 1.29 is 4.42 Å². The number of oxazole rings is 1. The third kappa shape index (κ3) is 1.91. The number of hydrazine groups is 1. The van der Waals surface area contributed by atoms with E-state index in [4.69, 9.17) is 10.3 Å². The first-order valence-electron chi connectivity index (χ1n) is 6.11. The molecule has 0 aromatic carbocycles. The van der Waals surface area contributed by atoms with Crippen LogP contribution in [0.3, 0.4) is 0 Å². The molecule has 1 fully saturated rings. The zero-order chi connectivity index (χ0) is 12.5.